The van der Waals surface area contributed by atoms with E-state index in [2.05, 4.69) is 15.1 Å². The van der Waals surface area contributed by atoms with Gasteiger partial charge < -0.3 is 15.3 Å². The first-order valence-electron chi connectivity index (χ1n) is 6.95. The number of fused-ring (bicyclic) bond motifs is 1. The fourth-order valence-electron chi connectivity index (χ4n) is 2.33. The lowest BCUT2D eigenvalue weighted by Gasteiger charge is -2.14. The highest BCUT2D eigenvalue weighted by molar-refractivity contribution is 6.35. The van der Waals surface area contributed by atoms with Crippen molar-refractivity contribution in [2.24, 2.45) is 5.16 Å². The second kappa shape index (κ2) is 7.01. The fourth-order valence-corrected chi connectivity index (χ4v) is 3.02. The minimum atomic E-state index is -1.48. The third-order valence-corrected chi connectivity index (χ3v) is 4.32. The van der Waals surface area contributed by atoms with Gasteiger partial charge in [0.2, 0.25) is 0 Å². The SMILES string of the molecule is O=c1[nH]c2cc(Cl)ccc2nc1/C(=N\O)C(O)c1ccc(Cl)cc1Cl. The second-order valence-electron chi connectivity index (χ2n) is 5.13. The van der Waals surface area contributed by atoms with Crippen LogP contribution in [0.3, 0.4) is 0 Å². The molecular formula is C16H10Cl3N3O3. The molecule has 3 rings (SSSR count). The molecule has 3 N–H and O–H groups in total. The summed E-state index contributed by atoms with van der Waals surface area (Å²) in [5.74, 6) is 0. The molecule has 6 nitrogen and oxygen atoms in total. The Balaban J connectivity index is 2.12. The third kappa shape index (κ3) is 3.48. The predicted molar refractivity (Wildman–Crippen MR) is 97.1 cm³/mol. The molecular weight excluding hydrogens is 389 g/mol. The van der Waals surface area contributed by atoms with Crippen LogP contribution in [-0.4, -0.2) is 26.0 Å². The summed E-state index contributed by atoms with van der Waals surface area (Å²) in [4.78, 5) is 19.0. The van der Waals surface area contributed by atoms with Gasteiger partial charge in [0, 0.05) is 20.6 Å². The van der Waals surface area contributed by atoms with Crippen molar-refractivity contribution >= 4 is 51.5 Å². The highest BCUT2D eigenvalue weighted by atomic mass is 35.5. The van der Waals surface area contributed by atoms with Gasteiger partial charge in [-0.05, 0) is 30.3 Å². The Bertz CT molecular complexity index is 1050. The highest BCUT2D eigenvalue weighted by Gasteiger charge is 2.24. The minimum Gasteiger partial charge on any atom is -0.410 e. The van der Waals surface area contributed by atoms with Crippen molar-refractivity contribution in [1.82, 2.24) is 9.97 Å². The van der Waals surface area contributed by atoms with Gasteiger partial charge >= 0.3 is 0 Å². The van der Waals surface area contributed by atoms with Gasteiger partial charge in [0.05, 0.1) is 11.0 Å². The highest BCUT2D eigenvalue weighted by Crippen LogP contribution is 2.28. The van der Waals surface area contributed by atoms with Crippen molar-refractivity contribution in [2.45, 2.75) is 6.10 Å². The normalized spacial score (nSPS) is 13.2. The summed E-state index contributed by atoms with van der Waals surface area (Å²) < 4.78 is 0. The molecule has 0 fully saturated rings. The number of nitrogens with zero attached hydrogens (tertiary/aromatic N) is 2. The topological polar surface area (TPSA) is 98.6 Å². The van der Waals surface area contributed by atoms with Crippen LogP contribution in [0.15, 0.2) is 46.3 Å². The van der Waals surface area contributed by atoms with Gasteiger partial charge in [-0.2, -0.15) is 0 Å². The average Bonchev–Trinajstić information content (AvgIpc) is 2.56. The molecule has 9 heteroatoms. The largest absolute Gasteiger partial charge is 0.410 e. The molecule has 0 saturated carbocycles. The minimum absolute atomic E-state index is 0.158. The number of hydrogen-bond donors (Lipinski definition) is 3. The van der Waals surface area contributed by atoms with Gasteiger partial charge in [0.25, 0.3) is 5.56 Å². The second-order valence-corrected chi connectivity index (χ2v) is 6.41. The molecule has 2 aromatic carbocycles. The molecule has 128 valence electrons. The molecule has 0 aliphatic heterocycles. The van der Waals surface area contributed by atoms with E-state index >= 15 is 0 Å². The van der Waals surface area contributed by atoms with Crippen LogP contribution in [0, 0.1) is 0 Å². The van der Waals surface area contributed by atoms with Gasteiger partial charge in [-0.15, -0.1) is 0 Å². The number of aromatic amines is 1. The molecule has 0 aliphatic rings. The third-order valence-electron chi connectivity index (χ3n) is 3.52. The van der Waals surface area contributed by atoms with Gasteiger partial charge in [-0.3, -0.25) is 4.79 Å². The summed E-state index contributed by atoms with van der Waals surface area (Å²) in [7, 11) is 0. The average molecular weight is 399 g/mol. The molecule has 1 atom stereocenters. The Morgan fingerprint density at radius 2 is 1.80 bits per heavy atom. The Morgan fingerprint density at radius 1 is 1.12 bits per heavy atom. The summed E-state index contributed by atoms with van der Waals surface area (Å²) >= 11 is 17.8. The summed E-state index contributed by atoms with van der Waals surface area (Å²) in [6, 6.07) is 9.14. The van der Waals surface area contributed by atoms with Gasteiger partial charge in [0.15, 0.2) is 5.69 Å². The zero-order chi connectivity index (χ0) is 18.1. The van der Waals surface area contributed by atoms with Crippen molar-refractivity contribution in [3.8, 4) is 0 Å². The molecule has 1 aromatic heterocycles. The number of H-pyrrole nitrogens is 1. The van der Waals surface area contributed by atoms with E-state index in [1.165, 1.54) is 24.3 Å². The quantitative estimate of drug-likeness (QED) is 0.355. The van der Waals surface area contributed by atoms with Gasteiger partial charge in [-0.25, -0.2) is 4.98 Å². The number of aliphatic hydroxyl groups is 1. The lowest BCUT2D eigenvalue weighted by atomic mass is 10.0. The molecule has 0 radical (unpaired) electrons. The molecule has 0 amide bonds. The van der Waals surface area contributed by atoms with Crippen LogP contribution in [0.25, 0.3) is 11.0 Å². The van der Waals surface area contributed by atoms with E-state index in [0.717, 1.165) is 0 Å². The summed E-state index contributed by atoms with van der Waals surface area (Å²) in [6.07, 6.45) is -1.48. The number of hydrogen-bond acceptors (Lipinski definition) is 5. The van der Waals surface area contributed by atoms with E-state index in [-0.39, 0.29) is 22.0 Å². The zero-order valence-electron chi connectivity index (χ0n) is 12.4. The summed E-state index contributed by atoms with van der Waals surface area (Å²) in [5, 5.41) is 23.9. The van der Waals surface area contributed by atoms with Crippen molar-refractivity contribution in [2.75, 3.05) is 0 Å². The Kier molecular flexibility index (Phi) is 4.96. The first-order valence-corrected chi connectivity index (χ1v) is 8.09. The van der Waals surface area contributed by atoms with E-state index in [1.807, 2.05) is 0 Å². The molecule has 0 saturated heterocycles. The van der Waals surface area contributed by atoms with Crippen molar-refractivity contribution in [3.05, 3.63) is 73.1 Å². The number of aromatic nitrogens is 2. The summed E-state index contributed by atoms with van der Waals surface area (Å²) in [5.41, 5.74) is -0.187. The lowest BCUT2D eigenvalue weighted by Crippen LogP contribution is -2.25. The first kappa shape index (κ1) is 17.7. The molecule has 1 heterocycles. The van der Waals surface area contributed by atoms with E-state index in [9.17, 15) is 15.1 Å². The van der Waals surface area contributed by atoms with Crippen molar-refractivity contribution in [1.29, 1.82) is 0 Å². The fraction of sp³-hybridized carbons (Fsp3) is 0.0625. The number of nitrogens with one attached hydrogen (secondary N) is 1. The van der Waals surface area contributed by atoms with Gasteiger partial charge in [0.1, 0.15) is 11.8 Å². The van der Waals surface area contributed by atoms with E-state index in [0.29, 0.717) is 21.1 Å². The van der Waals surface area contributed by atoms with Gasteiger partial charge in [-0.1, -0.05) is 46.0 Å². The van der Waals surface area contributed by atoms with Crippen LogP contribution in [0.1, 0.15) is 17.4 Å². The molecule has 1 unspecified atom stereocenters. The smallest absolute Gasteiger partial charge is 0.276 e. The Morgan fingerprint density at radius 3 is 2.48 bits per heavy atom. The van der Waals surface area contributed by atoms with Crippen LogP contribution in [0.5, 0.6) is 0 Å². The number of benzene rings is 2. The lowest BCUT2D eigenvalue weighted by molar-refractivity contribution is 0.235. The zero-order valence-corrected chi connectivity index (χ0v) is 14.6. The molecule has 0 bridgehead atoms. The van der Waals surface area contributed by atoms with Crippen LogP contribution >= 0.6 is 34.8 Å². The maximum atomic E-state index is 12.3. The van der Waals surface area contributed by atoms with Crippen LogP contribution < -0.4 is 5.56 Å². The van der Waals surface area contributed by atoms with Crippen molar-refractivity contribution < 1.29 is 10.3 Å². The van der Waals surface area contributed by atoms with Crippen LogP contribution in [-0.2, 0) is 0 Å². The Hall–Kier alpha value is -2.12. The molecule has 3 aromatic rings. The van der Waals surface area contributed by atoms with Crippen molar-refractivity contribution in [3.63, 3.8) is 0 Å². The predicted octanol–water partition coefficient (Wildman–Crippen LogP) is 3.80. The van der Waals surface area contributed by atoms with E-state index in [1.54, 1.807) is 12.1 Å². The monoisotopic (exact) mass is 397 g/mol. The molecule has 25 heavy (non-hydrogen) atoms. The number of rotatable bonds is 3. The molecule has 0 spiro atoms. The maximum absolute atomic E-state index is 12.3. The van der Waals surface area contributed by atoms with Crippen LogP contribution in [0.2, 0.25) is 15.1 Å². The summed E-state index contributed by atoms with van der Waals surface area (Å²) in [6.45, 7) is 0. The van der Waals surface area contributed by atoms with Crippen LogP contribution in [0.4, 0.5) is 0 Å². The standard InChI is InChI=1S/C16H10Cl3N3O3/c17-7-1-3-9(10(19)5-7)15(23)13(22-25)14-16(24)21-12-6-8(18)2-4-11(12)20-14/h1-6,15,23,25H,(H,21,24)/b22-13+. The van der Waals surface area contributed by atoms with E-state index in [4.69, 9.17) is 34.8 Å². The number of halogens is 3. The first-order chi connectivity index (χ1) is 11.9. The maximum Gasteiger partial charge on any atom is 0.276 e. The Labute approximate surface area is 156 Å². The number of oxime groups is 1. The van der Waals surface area contributed by atoms with E-state index < -0.39 is 11.7 Å². The molecule has 0 aliphatic carbocycles. The number of aliphatic hydroxyl groups excluding tert-OH is 1.